The van der Waals surface area contributed by atoms with E-state index < -0.39 is 0 Å². The molecule has 3 aliphatic heterocycles. The van der Waals surface area contributed by atoms with Crippen molar-refractivity contribution in [2.24, 2.45) is 0 Å². The molecule has 0 aromatic heterocycles. The number of nitrogen functional groups attached to an aromatic ring is 1. The molecular weight excluding hydrogens is 290 g/mol. The normalized spacial score (nSPS) is 16.9. The maximum atomic E-state index is 5.99. The molecule has 0 atom stereocenters. The highest BCUT2D eigenvalue weighted by molar-refractivity contribution is 7.99. The number of hydrogen-bond acceptors (Lipinski definition) is 6. The number of nitrogens with zero attached hydrogens (tertiary/aromatic N) is 2. The van der Waals surface area contributed by atoms with E-state index in [2.05, 4.69) is 24.8 Å². The van der Waals surface area contributed by atoms with Crippen LogP contribution in [-0.2, 0) is 17.8 Å². The lowest BCUT2D eigenvalue weighted by Gasteiger charge is -2.31. The summed E-state index contributed by atoms with van der Waals surface area (Å²) in [6.45, 7) is 4.75. The van der Waals surface area contributed by atoms with E-state index in [9.17, 15) is 0 Å². The molecule has 0 radical (unpaired) electrons. The molecule has 3 aliphatic rings. The van der Waals surface area contributed by atoms with Crippen LogP contribution in [0.5, 0.6) is 0 Å². The number of nitrogens with two attached hydrogens (primary N) is 1. The molecule has 0 fully saturated rings. The molecule has 0 saturated heterocycles. The second-order valence-corrected chi connectivity index (χ2v) is 7.35. The molecule has 0 spiro atoms. The molecule has 4 nitrogen and oxygen atoms in total. The van der Waals surface area contributed by atoms with Gasteiger partial charge in [0.25, 0.3) is 0 Å². The van der Waals surface area contributed by atoms with Crippen LogP contribution < -0.4 is 5.73 Å². The third kappa shape index (κ3) is 2.37. The molecule has 0 aliphatic carbocycles. The molecule has 0 amide bonds. The topological polar surface area (TPSA) is 61.0 Å². The van der Waals surface area contributed by atoms with E-state index in [0.717, 1.165) is 32.6 Å². The van der Waals surface area contributed by atoms with Crippen molar-refractivity contribution in [1.82, 2.24) is 9.97 Å². The van der Waals surface area contributed by atoms with Gasteiger partial charge in [-0.05, 0) is 13.8 Å². The first-order valence-electron chi connectivity index (χ1n) is 6.28. The van der Waals surface area contributed by atoms with Gasteiger partial charge in [-0.1, -0.05) is 17.7 Å². The zero-order valence-electron chi connectivity index (χ0n) is 11.4. The van der Waals surface area contributed by atoms with Crippen molar-refractivity contribution in [3.05, 3.63) is 10.6 Å². The second-order valence-electron chi connectivity index (χ2n) is 5.28. The number of rotatable bonds is 2. The molecule has 0 aromatic carbocycles. The minimum absolute atomic E-state index is 0.170. The molecule has 2 N–H and O–H groups in total. The van der Waals surface area contributed by atoms with Crippen LogP contribution in [0.3, 0.4) is 0 Å². The van der Waals surface area contributed by atoms with Crippen molar-refractivity contribution >= 4 is 28.9 Å². The number of thioether (sulfide) groups is 1. The lowest BCUT2D eigenvalue weighted by Crippen LogP contribution is -2.32. The number of terminal acetylenes is 1. The van der Waals surface area contributed by atoms with Gasteiger partial charge in [0.2, 0.25) is 0 Å². The Morgan fingerprint density at radius 1 is 1.50 bits per heavy atom. The van der Waals surface area contributed by atoms with Crippen LogP contribution in [0.25, 0.3) is 10.6 Å². The molecular formula is C14H15N3OS2. The van der Waals surface area contributed by atoms with Gasteiger partial charge in [-0.3, -0.25) is 0 Å². The van der Waals surface area contributed by atoms with Crippen molar-refractivity contribution in [2.75, 3.05) is 11.5 Å². The monoisotopic (exact) mass is 305 g/mol. The highest BCUT2D eigenvalue weighted by Crippen LogP contribution is 2.42. The van der Waals surface area contributed by atoms with Crippen LogP contribution in [0.1, 0.15) is 24.4 Å². The lowest BCUT2D eigenvalue weighted by molar-refractivity contribution is -0.0395. The highest BCUT2D eigenvalue weighted by Gasteiger charge is 2.30. The predicted molar refractivity (Wildman–Crippen MR) is 83.1 cm³/mol. The molecule has 3 rings (SSSR count). The van der Waals surface area contributed by atoms with Crippen LogP contribution in [0.4, 0.5) is 5.82 Å². The van der Waals surface area contributed by atoms with Crippen molar-refractivity contribution < 1.29 is 4.74 Å². The molecule has 0 aromatic rings. The maximum Gasteiger partial charge on any atom is 0.152 e. The number of aromatic nitrogens is 2. The van der Waals surface area contributed by atoms with Gasteiger partial charge >= 0.3 is 0 Å². The van der Waals surface area contributed by atoms with Gasteiger partial charge in [0.05, 0.1) is 33.4 Å². The Morgan fingerprint density at radius 3 is 3.05 bits per heavy atom. The van der Waals surface area contributed by atoms with Gasteiger partial charge in [0.15, 0.2) is 5.82 Å². The smallest absolute Gasteiger partial charge is 0.152 e. The van der Waals surface area contributed by atoms with Crippen molar-refractivity contribution in [2.45, 2.75) is 37.5 Å². The standard InChI is InChI=1S/C14H15N3OS2/c1-4-5-19-13-11-10(12(15)17-13)16-8-6-14(2,3)18-7-9(8)20-11/h1H,5-7H2,2-3H3,(H2,15,17). The second kappa shape index (κ2) is 4.92. The van der Waals surface area contributed by atoms with Gasteiger partial charge in [0.1, 0.15) is 10.7 Å². The average molecular weight is 305 g/mol. The molecule has 104 valence electrons. The molecule has 0 unspecified atom stereocenters. The number of ether oxygens (including phenoxy) is 1. The maximum absolute atomic E-state index is 5.99. The van der Waals surface area contributed by atoms with Gasteiger partial charge in [-0.25, -0.2) is 9.97 Å². The average Bonchev–Trinajstić information content (AvgIpc) is 2.69. The summed E-state index contributed by atoms with van der Waals surface area (Å²) in [6, 6.07) is 0. The van der Waals surface area contributed by atoms with Crippen LogP contribution >= 0.6 is 23.1 Å². The van der Waals surface area contributed by atoms with Gasteiger partial charge in [0, 0.05) is 6.42 Å². The van der Waals surface area contributed by atoms with E-state index in [1.807, 2.05) is 0 Å². The number of anilines is 1. The first-order valence-corrected chi connectivity index (χ1v) is 8.08. The summed E-state index contributed by atoms with van der Waals surface area (Å²) in [5.74, 6) is 3.68. The van der Waals surface area contributed by atoms with E-state index in [0.29, 0.717) is 18.2 Å². The Labute approximate surface area is 126 Å². The minimum Gasteiger partial charge on any atom is -0.382 e. The first-order chi connectivity index (χ1) is 9.50. The van der Waals surface area contributed by atoms with E-state index in [1.54, 1.807) is 11.3 Å². The van der Waals surface area contributed by atoms with E-state index in [1.165, 1.54) is 11.8 Å². The van der Waals surface area contributed by atoms with E-state index >= 15 is 0 Å². The third-order valence-electron chi connectivity index (χ3n) is 3.15. The zero-order chi connectivity index (χ0) is 14.3. The zero-order valence-corrected chi connectivity index (χ0v) is 13.0. The van der Waals surface area contributed by atoms with Gasteiger partial charge in [-0.2, -0.15) is 0 Å². The van der Waals surface area contributed by atoms with Crippen LogP contribution in [0.2, 0.25) is 0 Å². The Bertz CT molecular complexity index is 672. The summed E-state index contributed by atoms with van der Waals surface area (Å²) >= 11 is 3.19. The fourth-order valence-electron chi connectivity index (χ4n) is 2.18. The van der Waals surface area contributed by atoms with Crippen molar-refractivity contribution in [3.63, 3.8) is 0 Å². The van der Waals surface area contributed by atoms with Gasteiger partial charge in [-0.15, -0.1) is 17.8 Å². The van der Waals surface area contributed by atoms with Crippen LogP contribution in [0.15, 0.2) is 5.03 Å². The summed E-state index contributed by atoms with van der Waals surface area (Å²) < 4.78 is 5.85. The fraction of sp³-hybridized carbons (Fsp3) is 0.429. The summed E-state index contributed by atoms with van der Waals surface area (Å²) in [5.41, 5.74) is 7.69. The fourth-order valence-corrected chi connectivity index (χ4v) is 4.08. The number of hydrogen-bond donors (Lipinski definition) is 1. The summed E-state index contributed by atoms with van der Waals surface area (Å²) in [4.78, 5) is 11.3. The largest absolute Gasteiger partial charge is 0.382 e. The van der Waals surface area contributed by atoms with Crippen molar-refractivity contribution in [3.8, 4) is 22.9 Å². The Hall–Kier alpha value is -1.29. The van der Waals surface area contributed by atoms with Crippen LogP contribution in [0, 0.1) is 12.3 Å². The molecule has 20 heavy (non-hydrogen) atoms. The van der Waals surface area contributed by atoms with Crippen LogP contribution in [-0.4, -0.2) is 21.3 Å². The number of fused-ring (bicyclic) bond motifs is 2. The summed E-state index contributed by atoms with van der Waals surface area (Å²) in [7, 11) is 0. The van der Waals surface area contributed by atoms with E-state index in [4.69, 9.17) is 21.9 Å². The first kappa shape index (κ1) is 13.7. The predicted octanol–water partition coefficient (Wildman–Crippen LogP) is 2.80. The Morgan fingerprint density at radius 2 is 2.30 bits per heavy atom. The lowest BCUT2D eigenvalue weighted by atomic mass is 9.99. The van der Waals surface area contributed by atoms with E-state index in [-0.39, 0.29) is 5.60 Å². The molecule has 6 heteroatoms. The SMILES string of the molecule is C#CCSc1nc(N)c2nc3c(sc1-2)COC(C)(C)C3. The third-order valence-corrected chi connectivity index (χ3v) is 5.35. The molecule has 3 heterocycles. The van der Waals surface area contributed by atoms with Gasteiger partial charge < -0.3 is 10.5 Å². The molecule has 0 saturated carbocycles. The van der Waals surface area contributed by atoms with Crippen molar-refractivity contribution in [1.29, 1.82) is 0 Å². The molecule has 0 bridgehead atoms. The summed E-state index contributed by atoms with van der Waals surface area (Å²) in [6.07, 6.45) is 6.10. The Balaban J connectivity index is 2.07. The highest BCUT2D eigenvalue weighted by atomic mass is 32.2. The Kier molecular flexibility index (Phi) is 3.36. The quantitative estimate of drug-likeness (QED) is 0.683. The minimum atomic E-state index is -0.170. The summed E-state index contributed by atoms with van der Waals surface area (Å²) in [5, 5.41) is 0.876.